The normalized spacial score (nSPS) is 15.4. The summed E-state index contributed by atoms with van der Waals surface area (Å²) in [6, 6.07) is 11.2. The highest BCUT2D eigenvalue weighted by Gasteiger charge is 2.29. The molecule has 0 atom stereocenters. The van der Waals surface area contributed by atoms with Gasteiger partial charge >= 0.3 is 0 Å². The van der Waals surface area contributed by atoms with Crippen molar-refractivity contribution in [3.05, 3.63) is 35.9 Å². The van der Waals surface area contributed by atoms with Crippen molar-refractivity contribution in [2.45, 2.75) is 83.5 Å². The first-order valence-electron chi connectivity index (χ1n) is 9.84. The Hall–Kier alpha value is -1.11. The maximum Gasteiger partial charge on any atom is 0.0393 e. The van der Waals surface area contributed by atoms with E-state index in [-0.39, 0.29) is 0 Å². The second-order valence-electron chi connectivity index (χ2n) is 7.36. The number of hydrogen-bond acceptors (Lipinski definition) is 1. The van der Waals surface area contributed by atoms with Gasteiger partial charge in [-0.2, -0.15) is 0 Å². The molecule has 1 fully saturated rings. The molecule has 0 saturated heterocycles. The molecule has 0 radical (unpaired) electrons. The van der Waals surface area contributed by atoms with E-state index in [1.807, 2.05) is 0 Å². The van der Waals surface area contributed by atoms with E-state index in [0.717, 1.165) is 12.5 Å². The van der Waals surface area contributed by atoms with Gasteiger partial charge in [0.1, 0.15) is 0 Å². The Morgan fingerprint density at radius 3 is 2.35 bits per heavy atom. The van der Waals surface area contributed by atoms with Gasteiger partial charge in [0.25, 0.3) is 0 Å². The van der Waals surface area contributed by atoms with Crippen molar-refractivity contribution in [2.75, 3.05) is 6.54 Å². The largest absolute Gasteiger partial charge is 0.298 e. The zero-order chi connectivity index (χ0) is 16.4. The van der Waals surface area contributed by atoms with E-state index >= 15 is 0 Å². The van der Waals surface area contributed by atoms with Crippen molar-refractivity contribution < 1.29 is 0 Å². The SMILES string of the molecule is CCCC(CCC)(CCN=CCCCC1CC1)c1ccccc1. The molecule has 0 amide bonds. The zero-order valence-corrected chi connectivity index (χ0v) is 15.3. The van der Waals surface area contributed by atoms with Crippen molar-refractivity contribution in [3.63, 3.8) is 0 Å². The highest BCUT2D eigenvalue weighted by molar-refractivity contribution is 5.56. The molecule has 0 spiro atoms. The number of benzene rings is 1. The number of hydrogen-bond donors (Lipinski definition) is 0. The maximum absolute atomic E-state index is 4.74. The fourth-order valence-electron chi connectivity index (χ4n) is 3.92. The second kappa shape index (κ2) is 9.90. The molecule has 23 heavy (non-hydrogen) atoms. The lowest BCUT2D eigenvalue weighted by Crippen LogP contribution is -2.27. The van der Waals surface area contributed by atoms with Gasteiger partial charge < -0.3 is 0 Å². The first kappa shape index (κ1) is 18.2. The Morgan fingerprint density at radius 1 is 1.04 bits per heavy atom. The van der Waals surface area contributed by atoms with Gasteiger partial charge in [-0.15, -0.1) is 0 Å². The van der Waals surface area contributed by atoms with Gasteiger partial charge in [0.2, 0.25) is 0 Å². The van der Waals surface area contributed by atoms with Crippen molar-refractivity contribution in [1.29, 1.82) is 0 Å². The van der Waals surface area contributed by atoms with E-state index in [4.69, 9.17) is 4.99 Å². The Morgan fingerprint density at radius 2 is 1.74 bits per heavy atom. The topological polar surface area (TPSA) is 12.4 Å². The smallest absolute Gasteiger partial charge is 0.0393 e. The van der Waals surface area contributed by atoms with Gasteiger partial charge in [0.15, 0.2) is 0 Å². The first-order valence-corrected chi connectivity index (χ1v) is 9.84. The molecule has 2 rings (SSSR count). The lowest BCUT2D eigenvalue weighted by molar-refractivity contribution is 0.335. The average Bonchev–Trinajstić information content (AvgIpc) is 3.39. The predicted molar refractivity (Wildman–Crippen MR) is 102 cm³/mol. The number of unbranched alkanes of at least 4 members (excludes halogenated alkanes) is 1. The molecular formula is C22H35N. The van der Waals surface area contributed by atoms with Crippen LogP contribution in [0.25, 0.3) is 0 Å². The predicted octanol–water partition coefficient (Wildman–Crippen LogP) is 6.57. The quantitative estimate of drug-likeness (QED) is 0.306. The molecule has 0 aliphatic heterocycles. The van der Waals surface area contributed by atoms with Crippen LogP contribution in [0.4, 0.5) is 0 Å². The first-order chi connectivity index (χ1) is 11.3. The van der Waals surface area contributed by atoms with Crippen LogP contribution in [0.2, 0.25) is 0 Å². The molecule has 1 aromatic carbocycles. The van der Waals surface area contributed by atoms with Crippen LogP contribution in [0, 0.1) is 5.92 Å². The zero-order valence-electron chi connectivity index (χ0n) is 15.3. The van der Waals surface area contributed by atoms with Crippen LogP contribution in [0.3, 0.4) is 0 Å². The van der Waals surface area contributed by atoms with Gasteiger partial charge in [-0.1, -0.05) is 76.3 Å². The molecule has 0 N–H and O–H groups in total. The summed E-state index contributed by atoms with van der Waals surface area (Å²) < 4.78 is 0. The standard InChI is InChI=1S/C22H35N/c1-3-15-22(16-4-2,21-11-6-5-7-12-21)17-19-23-18-9-8-10-20-13-14-20/h5-7,11-12,18,20H,3-4,8-10,13-17,19H2,1-2H3. The molecule has 0 heterocycles. The summed E-state index contributed by atoms with van der Waals surface area (Å²) in [7, 11) is 0. The van der Waals surface area contributed by atoms with E-state index < -0.39 is 0 Å². The summed E-state index contributed by atoms with van der Waals surface area (Å²) in [4.78, 5) is 4.74. The number of rotatable bonds is 12. The van der Waals surface area contributed by atoms with Crippen molar-refractivity contribution in [3.8, 4) is 0 Å². The van der Waals surface area contributed by atoms with Crippen LogP contribution < -0.4 is 0 Å². The molecule has 1 aromatic rings. The minimum absolute atomic E-state index is 0.329. The monoisotopic (exact) mass is 313 g/mol. The van der Waals surface area contributed by atoms with Crippen molar-refractivity contribution >= 4 is 6.21 Å². The highest BCUT2D eigenvalue weighted by Crippen LogP contribution is 2.37. The van der Waals surface area contributed by atoms with E-state index in [9.17, 15) is 0 Å². The molecule has 0 unspecified atom stereocenters. The Balaban J connectivity index is 1.86. The molecular weight excluding hydrogens is 278 g/mol. The molecule has 0 aromatic heterocycles. The lowest BCUT2D eigenvalue weighted by Gasteiger charge is -2.34. The molecule has 1 saturated carbocycles. The summed E-state index contributed by atoms with van der Waals surface area (Å²) in [6.45, 7) is 5.61. The van der Waals surface area contributed by atoms with Crippen LogP contribution in [0.15, 0.2) is 35.3 Å². The summed E-state index contributed by atoms with van der Waals surface area (Å²) >= 11 is 0. The van der Waals surface area contributed by atoms with Gasteiger partial charge in [-0.3, -0.25) is 4.99 Å². The second-order valence-corrected chi connectivity index (χ2v) is 7.36. The van der Waals surface area contributed by atoms with E-state index in [1.165, 1.54) is 69.8 Å². The van der Waals surface area contributed by atoms with Crippen LogP contribution in [-0.2, 0) is 5.41 Å². The minimum atomic E-state index is 0.329. The van der Waals surface area contributed by atoms with Crippen LogP contribution in [0.5, 0.6) is 0 Å². The molecule has 1 heteroatoms. The molecule has 0 bridgehead atoms. The third-order valence-electron chi connectivity index (χ3n) is 5.33. The summed E-state index contributed by atoms with van der Waals surface area (Å²) in [5.41, 5.74) is 1.85. The summed E-state index contributed by atoms with van der Waals surface area (Å²) in [5, 5.41) is 0. The van der Waals surface area contributed by atoms with Crippen LogP contribution in [0.1, 0.15) is 83.6 Å². The molecule has 1 aliphatic carbocycles. The van der Waals surface area contributed by atoms with E-state index in [2.05, 4.69) is 50.4 Å². The van der Waals surface area contributed by atoms with E-state index in [1.54, 1.807) is 0 Å². The maximum atomic E-state index is 4.74. The van der Waals surface area contributed by atoms with Crippen molar-refractivity contribution in [2.24, 2.45) is 10.9 Å². The number of nitrogens with zero attached hydrogens (tertiary/aromatic N) is 1. The fourth-order valence-corrected chi connectivity index (χ4v) is 3.92. The minimum Gasteiger partial charge on any atom is -0.298 e. The van der Waals surface area contributed by atoms with Crippen LogP contribution in [-0.4, -0.2) is 12.8 Å². The molecule has 1 nitrogen and oxygen atoms in total. The molecule has 1 aliphatic rings. The lowest BCUT2D eigenvalue weighted by atomic mass is 9.71. The van der Waals surface area contributed by atoms with Gasteiger partial charge in [0.05, 0.1) is 0 Å². The molecule has 128 valence electrons. The Bertz CT molecular complexity index is 438. The van der Waals surface area contributed by atoms with Crippen molar-refractivity contribution in [1.82, 2.24) is 0 Å². The van der Waals surface area contributed by atoms with E-state index in [0.29, 0.717) is 5.41 Å². The fraction of sp³-hybridized carbons (Fsp3) is 0.682. The average molecular weight is 314 g/mol. The third kappa shape index (κ3) is 6.12. The van der Waals surface area contributed by atoms with Gasteiger partial charge in [0, 0.05) is 6.54 Å². The van der Waals surface area contributed by atoms with Crippen LogP contribution >= 0.6 is 0 Å². The van der Waals surface area contributed by atoms with Gasteiger partial charge in [-0.25, -0.2) is 0 Å². The number of aliphatic imine (C=N–C) groups is 1. The Kier molecular flexibility index (Phi) is 7.85. The highest BCUT2D eigenvalue weighted by atomic mass is 14.7. The van der Waals surface area contributed by atoms with Gasteiger partial charge in [-0.05, 0) is 55.2 Å². The Labute approximate surface area is 143 Å². The third-order valence-corrected chi connectivity index (χ3v) is 5.33. The summed E-state index contributed by atoms with van der Waals surface area (Å²) in [5.74, 6) is 1.06. The summed E-state index contributed by atoms with van der Waals surface area (Å²) in [6.07, 6.45) is 15.3.